The van der Waals surface area contributed by atoms with Crippen LogP contribution in [0.2, 0.25) is 0 Å². The van der Waals surface area contributed by atoms with E-state index in [2.05, 4.69) is 27.1 Å². The van der Waals surface area contributed by atoms with Crippen LogP contribution in [0.15, 0.2) is 63.4 Å². The van der Waals surface area contributed by atoms with E-state index in [1.807, 2.05) is 0 Å². The molecule has 5 heteroatoms. The van der Waals surface area contributed by atoms with Gasteiger partial charge in [-0.3, -0.25) is 4.99 Å². The number of nitrogens with zero attached hydrogens (tertiary/aromatic N) is 3. The Labute approximate surface area is 117 Å². The number of aliphatic imine (C=N–C) groups is 1. The summed E-state index contributed by atoms with van der Waals surface area (Å²) in [7, 11) is 1.73. The molecule has 0 saturated heterocycles. The molecule has 2 rings (SSSR count). The highest BCUT2D eigenvalue weighted by Gasteiger charge is 2.07. The molecule has 1 aromatic carbocycles. The van der Waals surface area contributed by atoms with Crippen LogP contribution in [0.5, 0.6) is 0 Å². The molecule has 1 heterocycles. The summed E-state index contributed by atoms with van der Waals surface area (Å²) in [4.78, 5) is 4.22. The third-order valence-electron chi connectivity index (χ3n) is 2.82. The van der Waals surface area contributed by atoms with Gasteiger partial charge in [-0.2, -0.15) is 5.10 Å². The van der Waals surface area contributed by atoms with Crippen LogP contribution in [-0.2, 0) is 6.42 Å². The van der Waals surface area contributed by atoms with E-state index in [1.165, 1.54) is 6.07 Å². The van der Waals surface area contributed by atoms with Crippen molar-refractivity contribution < 1.29 is 4.39 Å². The van der Waals surface area contributed by atoms with Gasteiger partial charge in [0.15, 0.2) is 5.84 Å². The molecule has 0 atom stereocenters. The fraction of sp³-hybridized carbons (Fsp3) is 0.133. The van der Waals surface area contributed by atoms with Gasteiger partial charge in [0.1, 0.15) is 5.82 Å². The first-order valence-corrected chi connectivity index (χ1v) is 6.15. The maximum Gasteiger partial charge on any atom is 0.166 e. The van der Waals surface area contributed by atoms with E-state index < -0.39 is 0 Å². The van der Waals surface area contributed by atoms with Gasteiger partial charge in [-0.1, -0.05) is 24.8 Å². The van der Waals surface area contributed by atoms with Crippen molar-refractivity contribution in [3.05, 3.63) is 59.6 Å². The van der Waals surface area contributed by atoms with Gasteiger partial charge in [-0.25, -0.2) is 4.39 Å². The first-order chi connectivity index (χ1) is 9.70. The quantitative estimate of drug-likeness (QED) is 0.882. The van der Waals surface area contributed by atoms with Crippen molar-refractivity contribution in [1.29, 1.82) is 0 Å². The molecule has 0 bridgehead atoms. The number of allylic oxidation sites excluding steroid dienone is 2. The highest BCUT2D eigenvalue weighted by atomic mass is 19.1. The van der Waals surface area contributed by atoms with Crippen molar-refractivity contribution in [1.82, 2.24) is 5.32 Å². The SMILES string of the molecule is C=C1\N=C/C(NC)=N\N=C/C=C\1Cc1ccccc1F. The zero-order valence-electron chi connectivity index (χ0n) is 11.2. The Balaban J connectivity index is 2.25. The zero-order chi connectivity index (χ0) is 14.4. The predicted octanol–water partition coefficient (Wildman–Crippen LogP) is 2.50. The molecule has 0 fully saturated rings. The number of hydrogen-bond donors (Lipinski definition) is 1. The highest BCUT2D eigenvalue weighted by Crippen LogP contribution is 2.18. The molecule has 0 saturated carbocycles. The lowest BCUT2D eigenvalue weighted by Gasteiger charge is -2.07. The van der Waals surface area contributed by atoms with Gasteiger partial charge >= 0.3 is 0 Å². The van der Waals surface area contributed by atoms with Crippen molar-refractivity contribution in [2.24, 2.45) is 15.2 Å². The Morgan fingerprint density at radius 1 is 1.30 bits per heavy atom. The van der Waals surface area contributed by atoms with Crippen molar-refractivity contribution in [3.63, 3.8) is 0 Å². The van der Waals surface area contributed by atoms with Crippen LogP contribution in [0.1, 0.15) is 5.56 Å². The summed E-state index contributed by atoms with van der Waals surface area (Å²) in [5, 5.41) is 10.7. The van der Waals surface area contributed by atoms with Gasteiger partial charge in [0.25, 0.3) is 0 Å². The van der Waals surface area contributed by atoms with Crippen molar-refractivity contribution in [3.8, 4) is 0 Å². The van der Waals surface area contributed by atoms with Gasteiger partial charge in [0, 0.05) is 19.7 Å². The molecule has 4 nitrogen and oxygen atoms in total. The van der Waals surface area contributed by atoms with Crippen LogP contribution in [0, 0.1) is 5.82 Å². The molecule has 0 unspecified atom stereocenters. The van der Waals surface area contributed by atoms with Crippen LogP contribution in [0.3, 0.4) is 0 Å². The third kappa shape index (κ3) is 3.47. The van der Waals surface area contributed by atoms with E-state index in [-0.39, 0.29) is 5.82 Å². The summed E-state index contributed by atoms with van der Waals surface area (Å²) in [5.41, 5.74) is 1.95. The van der Waals surface area contributed by atoms with Gasteiger partial charge < -0.3 is 5.32 Å². The lowest BCUT2D eigenvalue weighted by molar-refractivity contribution is 0.613. The number of nitrogens with one attached hydrogen (secondary N) is 1. The van der Waals surface area contributed by atoms with Crippen LogP contribution in [0.25, 0.3) is 0 Å². The maximum atomic E-state index is 13.7. The molecule has 20 heavy (non-hydrogen) atoms. The summed E-state index contributed by atoms with van der Waals surface area (Å²) in [6, 6.07) is 6.65. The second kappa shape index (κ2) is 6.56. The molecular weight excluding hydrogens is 255 g/mol. The molecule has 1 N–H and O–H groups in total. The van der Waals surface area contributed by atoms with E-state index in [0.717, 1.165) is 5.57 Å². The molecule has 0 aromatic heterocycles. The Morgan fingerprint density at radius 3 is 2.85 bits per heavy atom. The number of rotatable bonds is 2. The van der Waals surface area contributed by atoms with E-state index in [4.69, 9.17) is 0 Å². The molecule has 1 aliphatic rings. The maximum absolute atomic E-state index is 13.7. The lowest BCUT2D eigenvalue weighted by Crippen LogP contribution is -2.19. The van der Waals surface area contributed by atoms with Crippen LogP contribution in [0.4, 0.5) is 4.39 Å². The molecule has 1 aromatic rings. The van der Waals surface area contributed by atoms with E-state index >= 15 is 0 Å². The average Bonchev–Trinajstić information content (AvgIpc) is 2.54. The molecule has 0 aliphatic carbocycles. The lowest BCUT2D eigenvalue weighted by atomic mass is 10.0. The first-order valence-electron chi connectivity index (χ1n) is 6.15. The fourth-order valence-corrected chi connectivity index (χ4v) is 1.69. The normalized spacial score (nSPS) is 23.4. The minimum absolute atomic E-state index is 0.242. The number of halogens is 1. The largest absolute Gasteiger partial charge is 0.370 e. The molecule has 1 aliphatic heterocycles. The molecule has 0 radical (unpaired) electrons. The van der Waals surface area contributed by atoms with Crippen molar-refractivity contribution in [2.45, 2.75) is 6.42 Å². The number of benzene rings is 1. The van der Waals surface area contributed by atoms with Crippen LogP contribution >= 0.6 is 0 Å². The van der Waals surface area contributed by atoms with Gasteiger partial charge in [-0.15, -0.1) is 5.10 Å². The summed E-state index contributed by atoms with van der Waals surface area (Å²) in [6.07, 6.45) is 5.24. The molecule has 0 amide bonds. The van der Waals surface area contributed by atoms with E-state index in [9.17, 15) is 4.39 Å². The highest BCUT2D eigenvalue weighted by molar-refractivity contribution is 6.29. The summed E-state index contributed by atoms with van der Waals surface area (Å²) in [6.45, 7) is 3.90. The second-order valence-corrected chi connectivity index (χ2v) is 4.16. The van der Waals surface area contributed by atoms with Gasteiger partial charge in [0.2, 0.25) is 0 Å². The van der Waals surface area contributed by atoms with Crippen LogP contribution < -0.4 is 5.32 Å². The Kier molecular flexibility index (Phi) is 4.55. The topological polar surface area (TPSA) is 49.1 Å². The standard InChI is InChI=1S/C15H15FN4/c1-11-12(9-13-5-3-4-6-14(13)16)7-8-19-20-15(17-2)10-18-11/h3-8,10H,1,9H2,2H3,(H,17,20)/b12-7-,18-10-,19-8-. The zero-order valence-corrected chi connectivity index (χ0v) is 11.2. The molecular formula is C15H15FN4. The minimum Gasteiger partial charge on any atom is -0.370 e. The molecule has 102 valence electrons. The van der Waals surface area contributed by atoms with Crippen LogP contribution in [-0.4, -0.2) is 25.3 Å². The second-order valence-electron chi connectivity index (χ2n) is 4.16. The first kappa shape index (κ1) is 13.9. The third-order valence-corrected chi connectivity index (χ3v) is 2.82. The van der Waals surface area contributed by atoms with Gasteiger partial charge in [-0.05, 0) is 23.3 Å². The Bertz CT molecular complexity index is 627. The van der Waals surface area contributed by atoms with E-state index in [1.54, 1.807) is 43.8 Å². The predicted molar refractivity (Wildman–Crippen MR) is 80.8 cm³/mol. The van der Waals surface area contributed by atoms with Gasteiger partial charge in [0.05, 0.1) is 11.9 Å². The summed E-state index contributed by atoms with van der Waals surface area (Å²) in [5.74, 6) is 0.289. The van der Waals surface area contributed by atoms with E-state index in [0.29, 0.717) is 23.5 Å². The summed E-state index contributed by atoms with van der Waals surface area (Å²) >= 11 is 0. The van der Waals surface area contributed by atoms with Crippen molar-refractivity contribution in [2.75, 3.05) is 7.05 Å². The number of hydrogen-bond acceptors (Lipinski definition) is 4. The smallest absolute Gasteiger partial charge is 0.166 e. The fourth-order valence-electron chi connectivity index (χ4n) is 1.69. The Morgan fingerprint density at radius 2 is 2.10 bits per heavy atom. The average molecular weight is 270 g/mol. The molecule has 0 spiro atoms. The number of amidine groups is 1. The van der Waals surface area contributed by atoms with Crippen molar-refractivity contribution >= 4 is 18.3 Å². The monoisotopic (exact) mass is 270 g/mol. The Hall–Kier alpha value is -2.56. The summed E-state index contributed by atoms with van der Waals surface area (Å²) < 4.78 is 13.7. The minimum atomic E-state index is -0.242.